The van der Waals surface area contributed by atoms with Crippen LogP contribution in [0.25, 0.3) is 0 Å². The van der Waals surface area contributed by atoms with Crippen molar-refractivity contribution in [2.75, 3.05) is 5.75 Å². The molecule has 0 unspecified atom stereocenters. The quantitative estimate of drug-likeness (QED) is 0.324. The summed E-state index contributed by atoms with van der Waals surface area (Å²) in [5.41, 5.74) is 0.338. The van der Waals surface area contributed by atoms with Gasteiger partial charge in [0.15, 0.2) is 0 Å². The molecule has 0 aromatic heterocycles. The number of nitro groups is 1. The molecule has 7 heteroatoms. The standard InChI is InChI=1S/C15H12BrNO4S/c16-12-5-7-13(8-6-12)22-10-15(18)21-9-11-3-1-2-4-14(11)17(19)20/h1-8H,9-10H2. The summed E-state index contributed by atoms with van der Waals surface area (Å²) in [6, 6.07) is 13.8. The number of para-hydroxylation sites is 1. The Morgan fingerprint density at radius 3 is 2.55 bits per heavy atom. The third kappa shape index (κ3) is 4.85. The average molecular weight is 382 g/mol. The fraction of sp³-hybridized carbons (Fsp3) is 0.133. The van der Waals surface area contributed by atoms with Crippen LogP contribution in [0.2, 0.25) is 0 Å². The maximum absolute atomic E-state index is 11.7. The molecule has 114 valence electrons. The van der Waals surface area contributed by atoms with E-state index in [4.69, 9.17) is 4.74 Å². The van der Waals surface area contributed by atoms with E-state index in [0.29, 0.717) is 5.56 Å². The van der Waals surface area contributed by atoms with Crippen LogP contribution in [0.15, 0.2) is 57.9 Å². The third-order valence-electron chi connectivity index (χ3n) is 2.75. The summed E-state index contributed by atoms with van der Waals surface area (Å²) in [6.45, 7) is -0.100. The summed E-state index contributed by atoms with van der Waals surface area (Å²) in [5, 5.41) is 10.9. The van der Waals surface area contributed by atoms with E-state index in [1.165, 1.54) is 17.8 Å². The van der Waals surface area contributed by atoms with Crippen LogP contribution in [0.3, 0.4) is 0 Å². The van der Waals surface area contributed by atoms with E-state index >= 15 is 0 Å². The van der Waals surface area contributed by atoms with Crippen LogP contribution < -0.4 is 0 Å². The predicted molar refractivity (Wildman–Crippen MR) is 87.8 cm³/mol. The van der Waals surface area contributed by atoms with Crippen molar-refractivity contribution in [2.45, 2.75) is 11.5 Å². The molecule has 0 spiro atoms. The second-order valence-electron chi connectivity index (χ2n) is 4.29. The van der Waals surface area contributed by atoms with E-state index in [2.05, 4.69) is 15.9 Å². The lowest BCUT2D eigenvalue weighted by molar-refractivity contribution is -0.385. The molecule has 0 fully saturated rings. The van der Waals surface area contributed by atoms with Crippen molar-refractivity contribution in [1.82, 2.24) is 0 Å². The number of nitro benzene ring substituents is 1. The minimum atomic E-state index is -0.486. The SMILES string of the molecule is O=C(CSc1ccc(Br)cc1)OCc1ccccc1[N+](=O)[O-]. The van der Waals surface area contributed by atoms with Gasteiger partial charge in [0, 0.05) is 15.4 Å². The summed E-state index contributed by atoms with van der Waals surface area (Å²) in [5.74, 6) is -0.256. The number of benzene rings is 2. The first-order valence-corrected chi connectivity index (χ1v) is 8.10. The van der Waals surface area contributed by atoms with E-state index < -0.39 is 10.9 Å². The molecule has 0 aliphatic rings. The molecule has 0 radical (unpaired) electrons. The molecule has 0 N–H and O–H groups in total. The van der Waals surface area contributed by atoms with Gasteiger partial charge in [0.1, 0.15) is 6.61 Å². The molecule has 0 aliphatic carbocycles. The average Bonchev–Trinajstić information content (AvgIpc) is 2.52. The maximum atomic E-state index is 11.7. The Morgan fingerprint density at radius 1 is 1.18 bits per heavy atom. The largest absolute Gasteiger partial charge is 0.460 e. The number of esters is 1. The molecule has 0 saturated carbocycles. The van der Waals surface area contributed by atoms with Crippen molar-refractivity contribution in [3.05, 3.63) is 68.7 Å². The maximum Gasteiger partial charge on any atom is 0.316 e. The highest BCUT2D eigenvalue weighted by Gasteiger charge is 2.14. The lowest BCUT2D eigenvalue weighted by Gasteiger charge is -2.05. The Morgan fingerprint density at radius 2 is 1.86 bits per heavy atom. The summed E-state index contributed by atoms with van der Waals surface area (Å²) in [4.78, 5) is 23.0. The first kappa shape index (κ1) is 16.5. The van der Waals surface area contributed by atoms with Gasteiger partial charge in [0.2, 0.25) is 0 Å². The van der Waals surface area contributed by atoms with Gasteiger partial charge in [-0.1, -0.05) is 28.1 Å². The van der Waals surface area contributed by atoms with Crippen molar-refractivity contribution in [3.8, 4) is 0 Å². The van der Waals surface area contributed by atoms with Gasteiger partial charge in [0.25, 0.3) is 5.69 Å². The number of halogens is 1. The molecule has 0 aliphatic heterocycles. The molecule has 0 bridgehead atoms. The number of carbonyl (C=O) groups is 1. The monoisotopic (exact) mass is 381 g/mol. The van der Waals surface area contributed by atoms with Crippen LogP contribution in [-0.4, -0.2) is 16.6 Å². The van der Waals surface area contributed by atoms with E-state index in [-0.39, 0.29) is 18.0 Å². The molecule has 22 heavy (non-hydrogen) atoms. The highest BCUT2D eigenvalue weighted by molar-refractivity contribution is 9.10. The molecule has 0 saturated heterocycles. The van der Waals surface area contributed by atoms with Gasteiger partial charge >= 0.3 is 5.97 Å². The molecule has 2 aromatic rings. The number of thioether (sulfide) groups is 1. The topological polar surface area (TPSA) is 69.4 Å². The van der Waals surface area contributed by atoms with Gasteiger partial charge in [-0.2, -0.15) is 0 Å². The first-order valence-electron chi connectivity index (χ1n) is 6.32. The Kier molecular flexibility index (Phi) is 5.97. The number of carbonyl (C=O) groups excluding carboxylic acids is 1. The summed E-state index contributed by atoms with van der Waals surface area (Å²) in [6.07, 6.45) is 0. The van der Waals surface area contributed by atoms with Gasteiger partial charge in [0.05, 0.1) is 16.2 Å². The zero-order chi connectivity index (χ0) is 15.9. The normalized spacial score (nSPS) is 10.2. The number of hydrogen-bond donors (Lipinski definition) is 0. The Hall–Kier alpha value is -1.86. The molecular weight excluding hydrogens is 370 g/mol. The van der Waals surface area contributed by atoms with E-state index in [1.54, 1.807) is 18.2 Å². The van der Waals surface area contributed by atoms with E-state index in [9.17, 15) is 14.9 Å². The van der Waals surface area contributed by atoms with Crippen LogP contribution in [0.1, 0.15) is 5.56 Å². The lowest BCUT2D eigenvalue weighted by atomic mass is 10.2. The Balaban J connectivity index is 1.85. The molecule has 0 atom stereocenters. The third-order valence-corrected chi connectivity index (χ3v) is 4.26. The van der Waals surface area contributed by atoms with Gasteiger partial charge in [-0.15, -0.1) is 11.8 Å². The van der Waals surface area contributed by atoms with Crippen LogP contribution in [-0.2, 0) is 16.1 Å². The summed E-state index contributed by atoms with van der Waals surface area (Å²) < 4.78 is 6.06. The molecular formula is C15H12BrNO4S. The van der Waals surface area contributed by atoms with Crippen molar-refractivity contribution >= 4 is 39.3 Å². The van der Waals surface area contributed by atoms with Crippen LogP contribution in [0.4, 0.5) is 5.69 Å². The minimum absolute atomic E-state index is 0.0455. The summed E-state index contributed by atoms with van der Waals surface area (Å²) >= 11 is 4.69. The van der Waals surface area contributed by atoms with Gasteiger partial charge in [-0.25, -0.2) is 0 Å². The lowest BCUT2D eigenvalue weighted by Crippen LogP contribution is -2.08. The molecule has 2 rings (SSSR count). The zero-order valence-corrected chi connectivity index (χ0v) is 13.8. The van der Waals surface area contributed by atoms with Crippen LogP contribution >= 0.6 is 27.7 Å². The van der Waals surface area contributed by atoms with Crippen molar-refractivity contribution in [2.24, 2.45) is 0 Å². The number of nitrogens with zero attached hydrogens (tertiary/aromatic N) is 1. The first-order chi connectivity index (χ1) is 10.6. The second-order valence-corrected chi connectivity index (χ2v) is 6.25. The highest BCUT2D eigenvalue weighted by Crippen LogP contribution is 2.22. The number of hydrogen-bond acceptors (Lipinski definition) is 5. The van der Waals surface area contributed by atoms with Crippen LogP contribution in [0, 0.1) is 10.1 Å². The minimum Gasteiger partial charge on any atom is -0.460 e. The van der Waals surface area contributed by atoms with Crippen molar-refractivity contribution < 1.29 is 14.5 Å². The number of rotatable bonds is 6. The smallest absolute Gasteiger partial charge is 0.316 e. The van der Waals surface area contributed by atoms with Gasteiger partial charge < -0.3 is 4.74 Å². The Labute approximate surface area is 140 Å². The molecule has 2 aromatic carbocycles. The molecule has 0 amide bonds. The zero-order valence-electron chi connectivity index (χ0n) is 11.4. The Bertz CT molecular complexity index is 675. The van der Waals surface area contributed by atoms with Crippen molar-refractivity contribution in [1.29, 1.82) is 0 Å². The fourth-order valence-corrected chi connectivity index (χ4v) is 2.64. The fourth-order valence-electron chi connectivity index (χ4n) is 1.68. The molecule has 0 heterocycles. The van der Waals surface area contributed by atoms with Crippen molar-refractivity contribution in [3.63, 3.8) is 0 Å². The number of ether oxygens (including phenoxy) is 1. The van der Waals surface area contributed by atoms with E-state index in [1.807, 2.05) is 24.3 Å². The molecule has 5 nitrogen and oxygen atoms in total. The highest BCUT2D eigenvalue weighted by atomic mass is 79.9. The van der Waals surface area contributed by atoms with Gasteiger partial charge in [-0.05, 0) is 30.3 Å². The predicted octanol–water partition coefficient (Wildman–Crippen LogP) is 4.19. The summed E-state index contributed by atoms with van der Waals surface area (Å²) in [7, 11) is 0. The van der Waals surface area contributed by atoms with E-state index in [0.717, 1.165) is 9.37 Å². The van der Waals surface area contributed by atoms with Crippen LogP contribution in [0.5, 0.6) is 0 Å². The van der Waals surface area contributed by atoms with Gasteiger partial charge in [-0.3, -0.25) is 14.9 Å². The second kappa shape index (κ2) is 7.95.